The first kappa shape index (κ1) is 12.6. The van der Waals surface area contributed by atoms with Crippen LogP contribution < -0.4 is 0 Å². The van der Waals surface area contributed by atoms with E-state index in [4.69, 9.17) is 11.6 Å². The van der Waals surface area contributed by atoms with E-state index in [1.807, 2.05) is 11.8 Å². The van der Waals surface area contributed by atoms with Crippen molar-refractivity contribution in [1.29, 1.82) is 0 Å². The lowest BCUT2D eigenvalue weighted by Crippen LogP contribution is -2.22. The van der Waals surface area contributed by atoms with Crippen LogP contribution >= 0.6 is 35.1 Å². The second-order valence-electron chi connectivity index (χ2n) is 3.59. The first-order valence-corrected chi connectivity index (χ1v) is 7.59. The second kappa shape index (κ2) is 5.63. The topological polar surface area (TPSA) is 20.2 Å². The Morgan fingerprint density at radius 2 is 2.25 bits per heavy atom. The maximum atomic E-state index is 13.1. The van der Waals surface area contributed by atoms with E-state index >= 15 is 0 Å². The molecule has 16 heavy (non-hydrogen) atoms. The first-order chi connectivity index (χ1) is 7.68. The lowest BCUT2D eigenvalue weighted by atomic mass is 10.1. The van der Waals surface area contributed by atoms with Gasteiger partial charge in [0.15, 0.2) is 0 Å². The summed E-state index contributed by atoms with van der Waals surface area (Å²) in [5.41, 5.74) is 0.502. The van der Waals surface area contributed by atoms with Crippen molar-refractivity contribution in [2.45, 2.75) is 11.4 Å². The normalized spacial score (nSPS) is 23.1. The van der Waals surface area contributed by atoms with Gasteiger partial charge in [0.1, 0.15) is 5.82 Å². The molecule has 0 aliphatic carbocycles. The fourth-order valence-electron chi connectivity index (χ4n) is 1.63. The number of hydrogen-bond acceptors (Lipinski definition) is 3. The summed E-state index contributed by atoms with van der Waals surface area (Å²) in [4.78, 5) is 0. The van der Waals surface area contributed by atoms with Gasteiger partial charge in [-0.05, 0) is 18.2 Å². The fraction of sp³-hybridized carbons (Fsp3) is 0.455. The Labute approximate surface area is 108 Å². The van der Waals surface area contributed by atoms with Crippen LogP contribution in [0.5, 0.6) is 0 Å². The van der Waals surface area contributed by atoms with Gasteiger partial charge in [-0.15, -0.1) is 0 Å². The molecule has 1 N–H and O–H groups in total. The Balaban J connectivity index is 2.18. The van der Waals surface area contributed by atoms with Crippen LogP contribution in [-0.2, 0) is 0 Å². The molecule has 0 saturated carbocycles. The first-order valence-electron chi connectivity index (χ1n) is 5.01. The Morgan fingerprint density at radius 3 is 2.94 bits per heavy atom. The summed E-state index contributed by atoms with van der Waals surface area (Å²) in [5, 5.41) is 10.7. The van der Waals surface area contributed by atoms with E-state index in [2.05, 4.69) is 0 Å². The van der Waals surface area contributed by atoms with Crippen LogP contribution in [0.2, 0.25) is 5.02 Å². The molecule has 1 aliphatic rings. The van der Waals surface area contributed by atoms with Crippen molar-refractivity contribution >= 4 is 35.1 Å². The molecule has 0 amide bonds. The average molecular weight is 279 g/mol. The summed E-state index contributed by atoms with van der Waals surface area (Å²) < 4.78 is 13.1. The molecule has 0 aromatic heterocycles. The minimum atomic E-state index is -0.680. The van der Waals surface area contributed by atoms with E-state index in [0.717, 1.165) is 17.3 Å². The average Bonchev–Trinajstić information content (AvgIpc) is 2.32. The summed E-state index contributed by atoms with van der Waals surface area (Å²) in [5.74, 6) is 2.68. The predicted molar refractivity (Wildman–Crippen MR) is 69.9 cm³/mol. The van der Waals surface area contributed by atoms with E-state index in [9.17, 15) is 9.50 Å². The second-order valence-corrected chi connectivity index (χ2v) is 6.50. The Hall–Kier alpha value is 0.1000. The molecular weight excluding hydrogens is 267 g/mol. The number of aliphatic hydroxyl groups excluding tert-OH is 1. The highest BCUT2D eigenvalue weighted by molar-refractivity contribution is 8.06. The largest absolute Gasteiger partial charge is 0.387 e. The molecule has 1 saturated heterocycles. The molecule has 1 fully saturated rings. The van der Waals surface area contributed by atoms with Crippen LogP contribution in [0.1, 0.15) is 11.7 Å². The van der Waals surface area contributed by atoms with Crippen LogP contribution in [0, 0.1) is 5.82 Å². The minimum Gasteiger partial charge on any atom is -0.387 e. The van der Waals surface area contributed by atoms with Crippen molar-refractivity contribution in [2.24, 2.45) is 0 Å². The minimum absolute atomic E-state index is 0.109. The molecular formula is C11H12ClFOS2. The van der Waals surface area contributed by atoms with Crippen molar-refractivity contribution in [3.05, 3.63) is 34.6 Å². The van der Waals surface area contributed by atoms with Crippen molar-refractivity contribution in [2.75, 3.05) is 17.3 Å². The number of benzene rings is 1. The quantitative estimate of drug-likeness (QED) is 0.896. The molecule has 1 aliphatic heterocycles. The van der Waals surface area contributed by atoms with Gasteiger partial charge in [0.2, 0.25) is 0 Å². The lowest BCUT2D eigenvalue weighted by molar-refractivity contribution is 0.180. The number of rotatable bonds is 2. The maximum Gasteiger partial charge on any atom is 0.123 e. The third kappa shape index (κ3) is 2.86. The van der Waals surface area contributed by atoms with Crippen LogP contribution in [-0.4, -0.2) is 27.6 Å². The van der Waals surface area contributed by atoms with Crippen LogP contribution in [0.3, 0.4) is 0 Å². The lowest BCUT2D eigenvalue weighted by Gasteiger charge is -2.26. The molecule has 2 atom stereocenters. The molecule has 1 aromatic rings. The summed E-state index contributed by atoms with van der Waals surface area (Å²) in [6.07, 6.45) is -0.680. The van der Waals surface area contributed by atoms with Crippen LogP contribution in [0.4, 0.5) is 4.39 Å². The van der Waals surface area contributed by atoms with Gasteiger partial charge >= 0.3 is 0 Å². The monoisotopic (exact) mass is 278 g/mol. The summed E-state index contributed by atoms with van der Waals surface area (Å²) in [7, 11) is 0. The molecule has 1 nitrogen and oxygen atoms in total. The molecule has 88 valence electrons. The van der Waals surface area contributed by atoms with E-state index in [1.165, 1.54) is 18.2 Å². The van der Waals surface area contributed by atoms with Crippen molar-refractivity contribution < 1.29 is 9.50 Å². The zero-order valence-electron chi connectivity index (χ0n) is 8.53. The highest BCUT2D eigenvalue weighted by Gasteiger charge is 2.25. The van der Waals surface area contributed by atoms with Crippen molar-refractivity contribution in [3.63, 3.8) is 0 Å². The molecule has 0 spiro atoms. The zero-order valence-corrected chi connectivity index (χ0v) is 10.9. The molecule has 0 radical (unpaired) electrons. The van der Waals surface area contributed by atoms with E-state index in [0.29, 0.717) is 10.6 Å². The van der Waals surface area contributed by atoms with E-state index in [-0.39, 0.29) is 11.1 Å². The SMILES string of the molecule is OC(c1cc(F)ccc1Cl)C1CSCCS1. The van der Waals surface area contributed by atoms with E-state index < -0.39 is 6.10 Å². The van der Waals surface area contributed by atoms with Gasteiger partial charge in [-0.25, -0.2) is 4.39 Å². The Morgan fingerprint density at radius 1 is 1.44 bits per heavy atom. The third-order valence-electron chi connectivity index (χ3n) is 2.47. The van der Waals surface area contributed by atoms with Gasteiger partial charge in [0.25, 0.3) is 0 Å². The fourth-order valence-corrected chi connectivity index (χ4v) is 4.60. The van der Waals surface area contributed by atoms with Crippen LogP contribution in [0.25, 0.3) is 0 Å². The number of hydrogen-bond donors (Lipinski definition) is 1. The standard InChI is InChI=1S/C11H12ClFOS2/c12-9-2-1-7(13)5-8(9)11(14)10-6-15-3-4-16-10/h1-2,5,10-11,14H,3-4,6H2. The van der Waals surface area contributed by atoms with Gasteiger partial charge in [0.05, 0.1) is 6.10 Å². The van der Waals surface area contributed by atoms with Gasteiger partial charge in [0, 0.05) is 33.1 Å². The predicted octanol–water partition coefficient (Wildman–Crippen LogP) is 3.36. The Kier molecular flexibility index (Phi) is 4.41. The molecule has 0 bridgehead atoms. The summed E-state index contributed by atoms with van der Waals surface area (Å²) >= 11 is 9.51. The Bertz CT molecular complexity index is 369. The number of thioether (sulfide) groups is 2. The highest BCUT2D eigenvalue weighted by atomic mass is 35.5. The van der Waals surface area contributed by atoms with Gasteiger partial charge in [-0.3, -0.25) is 0 Å². The number of halogens is 2. The molecule has 2 unspecified atom stereocenters. The third-order valence-corrected chi connectivity index (χ3v) is 5.66. The molecule has 2 rings (SSSR count). The van der Waals surface area contributed by atoms with Gasteiger partial charge < -0.3 is 5.11 Å². The van der Waals surface area contributed by atoms with Crippen LogP contribution in [0.15, 0.2) is 18.2 Å². The zero-order chi connectivity index (χ0) is 11.5. The molecule has 1 heterocycles. The van der Waals surface area contributed by atoms with E-state index in [1.54, 1.807) is 11.8 Å². The highest BCUT2D eigenvalue weighted by Crippen LogP contribution is 2.36. The molecule has 5 heteroatoms. The summed E-state index contributed by atoms with van der Waals surface area (Å²) in [6.45, 7) is 0. The van der Waals surface area contributed by atoms with Crippen molar-refractivity contribution in [3.8, 4) is 0 Å². The maximum absolute atomic E-state index is 13.1. The van der Waals surface area contributed by atoms with Crippen molar-refractivity contribution in [1.82, 2.24) is 0 Å². The smallest absolute Gasteiger partial charge is 0.123 e. The summed E-state index contributed by atoms with van der Waals surface area (Å²) in [6, 6.07) is 4.13. The molecule has 1 aromatic carbocycles. The number of aliphatic hydroxyl groups is 1. The van der Waals surface area contributed by atoms with Gasteiger partial charge in [-0.2, -0.15) is 23.5 Å². The van der Waals surface area contributed by atoms with Gasteiger partial charge in [-0.1, -0.05) is 11.6 Å².